The van der Waals surface area contributed by atoms with Crippen LogP contribution in [-0.2, 0) is 0 Å². The van der Waals surface area contributed by atoms with Gasteiger partial charge < -0.3 is 0 Å². The highest BCUT2D eigenvalue weighted by atomic mass is 14.0. The van der Waals surface area contributed by atoms with Gasteiger partial charge in [-0.25, -0.2) is 0 Å². The Kier molecular flexibility index (Phi) is 13.0. The van der Waals surface area contributed by atoms with Crippen molar-refractivity contribution in [2.24, 2.45) is 0 Å². The van der Waals surface area contributed by atoms with E-state index in [-0.39, 0.29) is 0 Å². The van der Waals surface area contributed by atoms with Crippen LogP contribution in [0.1, 0.15) is 103 Å². The zero-order valence-corrected chi connectivity index (χ0v) is 13.6. The molecule has 0 amide bonds. The summed E-state index contributed by atoms with van der Waals surface area (Å²) in [5, 5.41) is 0. The van der Waals surface area contributed by atoms with Crippen molar-refractivity contribution < 1.29 is 0 Å². The van der Waals surface area contributed by atoms with E-state index in [0.717, 1.165) is 0 Å². The summed E-state index contributed by atoms with van der Waals surface area (Å²) in [4.78, 5) is 0. The second-order valence-electron chi connectivity index (χ2n) is 6.34. The summed E-state index contributed by atoms with van der Waals surface area (Å²) in [6.45, 7) is 0. The van der Waals surface area contributed by atoms with Gasteiger partial charge in [-0.3, -0.25) is 0 Å². The Morgan fingerprint density at radius 2 is 0.450 bits per heavy atom. The molecule has 0 heteroatoms. The number of rotatable bonds is 0. The van der Waals surface area contributed by atoms with Gasteiger partial charge >= 0.3 is 0 Å². The average Bonchev–Trinajstić information content (AvgIpc) is 2.46. The fourth-order valence-electron chi connectivity index (χ4n) is 2.93. The maximum Gasteiger partial charge on any atom is -0.0351 e. The first-order valence-electron chi connectivity index (χ1n) is 9.30. The molecule has 116 valence electrons. The van der Waals surface area contributed by atoms with Gasteiger partial charge in [0.25, 0.3) is 0 Å². The van der Waals surface area contributed by atoms with Crippen molar-refractivity contribution in [2.75, 3.05) is 0 Å². The topological polar surface area (TPSA) is 0 Å². The quantitative estimate of drug-likeness (QED) is 0.405. The summed E-state index contributed by atoms with van der Waals surface area (Å²) in [6.07, 6.45) is 32.0. The molecule has 0 spiro atoms. The first-order valence-corrected chi connectivity index (χ1v) is 9.30. The summed E-state index contributed by atoms with van der Waals surface area (Å²) >= 11 is 0. The van der Waals surface area contributed by atoms with Crippen LogP contribution in [0.15, 0.2) is 24.3 Å². The molecule has 0 fully saturated rings. The molecule has 0 heterocycles. The van der Waals surface area contributed by atoms with E-state index >= 15 is 0 Å². The minimum Gasteiger partial charge on any atom is -0.0885 e. The minimum atomic E-state index is 1.31. The van der Waals surface area contributed by atoms with E-state index in [0.29, 0.717) is 0 Å². The van der Waals surface area contributed by atoms with Crippen LogP contribution in [0.5, 0.6) is 0 Å². The second-order valence-corrected chi connectivity index (χ2v) is 6.34. The molecule has 0 unspecified atom stereocenters. The van der Waals surface area contributed by atoms with E-state index in [2.05, 4.69) is 24.3 Å². The predicted octanol–water partition coefficient (Wildman–Crippen LogP) is 7.35. The number of allylic oxidation sites excluding steroid dienone is 4. The molecule has 20 heavy (non-hydrogen) atoms. The fraction of sp³-hybridized carbons (Fsp3) is 0.800. The summed E-state index contributed by atoms with van der Waals surface area (Å²) in [5.41, 5.74) is 0. The zero-order chi connectivity index (χ0) is 14.1. The van der Waals surface area contributed by atoms with Crippen LogP contribution >= 0.6 is 0 Å². The largest absolute Gasteiger partial charge is 0.0885 e. The Hall–Kier alpha value is -0.520. The van der Waals surface area contributed by atoms with E-state index in [9.17, 15) is 0 Å². The fourth-order valence-corrected chi connectivity index (χ4v) is 2.93. The molecule has 0 saturated heterocycles. The van der Waals surface area contributed by atoms with Crippen LogP contribution in [0.3, 0.4) is 0 Å². The highest BCUT2D eigenvalue weighted by molar-refractivity contribution is 4.82. The Bertz CT molecular complexity index is 212. The summed E-state index contributed by atoms with van der Waals surface area (Å²) in [7, 11) is 0. The van der Waals surface area contributed by atoms with Gasteiger partial charge in [-0.1, -0.05) is 75.7 Å². The minimum absolute atomic E-state index is 1.31. The maximum atomic E-state index is 2.42. The molecule has 0 atom stereocenters. The molecule has 1 rings (SSSR count). The van der Waals surface area contributed by atoms with Crippen molar-refractivity contribution in [3.8, 4) is 0 Å². The molecule has 0 N–H and O–H groups in total. The van der Waals surface area contributed by atoms with Gasteiger partial charge in [-0.05, 0) is 51.4 Å². The zero-order valence-electron chi connectivity index (χ0n) is 13.6. The molecule has 0 aromatic rings. The third-order valence-electron chi connectivity index (χ3n) is 4.32. The Labute approximate surface area is 127 Å². The Morgan fingerprint density at radius 1 is 0.250 bits per heavy atom. The van der Waals surface area contributed by atoms with Crippen molar-refractivity contribution in [2.45, 2.75) is 103 Å². The number of hydrogen-bond donors (Lipinski definition) is 0. The van der Waals surface area contributed by atoms with E-state index in [1.807, 2.05) is 0 Å². The van der Waals surface area contributed by atoms with Gasteiger partial charge in [0.15, 0.2) is 0 Å². The van der Waals surface area contributed by atoms with Crippen molar-refractivity contribution in [1.82, 2.24) is 0 Å². The summed E-state index contributed by atoms with van der Waals surface area (Å²) in [5.74, 6) is 0. The van der Waals surface area contributed by atoms with Gasteiger partial charge in [0, 0.05) is 0 Å². The third kappa shape index (κ3) is 12.5. The van der Waals surface area contributed by atoms with Gasteiger partial charge in [-0.15, -0.1) is 0 Å². The molecule has 0 radical (unpaired) electrons. The van der Waals surface area contributed by atoms with Crippen LogP contribution < -0.4 is 0 Å². The lowest BCUT2D eigenvalue weighted by Gasteiger charge is -2.01. The Balaban J connectivity index is 2.11. The van der Waals surface area contributed by atoms with Gasteiger partial charge in [0.1, 0.15) is 0 Å². The highest BCUT2D eigenvalue weighted by Gasteiger charge is 1.92. The van der Waals surface area contributed by atoms with E-state index in [1.54, 1.807) is 0 Å². The van der Waals surface area contributed by atoms with Crippen molar-refractivity contribution >= 4 is 0 Å². The standard InChI is InChI=1S/C20H36/c1-2-4-6-8-10-12-14-16-18-20-19-17-15-13-11-9-7-5-3-1/h1-2,17,19H,3-16,18,20H2/b2-1-,19-17-. The number of hydrogen-bond acceptors (Lipinski definition) is 0. The van der Waals surface area contributed by atoms with Crippen molar-refractivity contribution in [3.63, 3.8) is 0 Å². The van der Waals surface area contributed by atoms with Crippen molar-refractivity contribution in [1.29, 1.82) is 0 Å². The lowest BCUT2D eigenvalue weighted by molar-refractivity contribution is 0.582. The first kappa shape index (κ1) is 17.5. The van der Waals surface area contributed by atoms with E-state index in [1.165, 1.54) is 103 Å². The molecular formula is C20H36. The summed E-state index contributed by atoms with van der Waals surface area (Å²) < 4.78 is 0. The molecular weight excluding hydrogens is 240 g/mol. The lowest BCUT2D eigenvalue weighted by atomic mass is 10.1. The van der Waals surface area contributed by atoms with Crippen LogP contribution in [-0.4, -0.2) is 0 Å². The third-order valence-corrected chi connectivity index (χ3v) is 4.32. The van der Waals surface area contributed by atoms with Crippen LogP contribution in [0.2, 0.25) is 0 Å². The Morgan fingerprint density at radius 3 is 0.700 bits per heavy atom. The molecule has 0 aromatic carbocycles. The van der Waals surface area contributed by atoms with Crippen molar-refractivity contribution in [3.05, 3.63) is 24.3 Å². The van der Waals surface area contributed by atoms with Gasteiger partial charge in [-0.2, -0.15) is 0 Å². The SMILES string of the molecule is C1=C\CCCCCCCCC/C=C\CCCCCCC/1. The van der Waals surface area contributed by atoms with Crippen LogP contribution in [0, 0.1) is 0 Å². The van der Waals surface area contributed by atoms with E-state index < -0.39 is 0 Å². The predicted molar refractivity (Wildman–Crippen MR) is 92.2 cm³/mol. The van der Waals surface area contributed by atoms with Gasteiger partial charge in [0.2, 0.25) is 0 Å². The smallest absolute Gasteiger partial charge is 0.0351 e. The second kappa shape index (κ2) is 14.9. The lowest BCUT2D eigenvalue weighted by Crippen LogP contribution is -1.81. The molecule has 0 bridgehead atoms. The highest BCUT2D eigenvalue weighted by Crippen LogP contribution is 2.12. The van der Waals surface area contributed by atoms with Crippen LogP contribution in [0.25, 0.3) is 0 Å². The maximum absolute atomic E-state index is 2.42. The molecule has 1 aliphatic carbocycles. The normalized spacial score (nSPS) is 25.6. The van der Waals surface area contributed by atoms with E-state index in [4.69, 9.17) is 0 Å². The monoisotopic (exact) mass is 276 g/mol. The van der Waals surface area contributed by atoms with Crippen LogP contribution in [0.4, 0.5) is 0 Å². The first-order chi connectivity index (χ1) is 10.0. The molecule has 0 nitrogen and oxygen atoms in total. The average molecular weight is 277 g/mol. The molecule has 0 aliphatic heterocycles. The molecule has 0 saturated carbocycles. The molecule has 0 aromatic heterocycles. The van der Waals surface area contributed by atoms with Gasteiger partial charge in [0.05, 0.1) is 0 Å². The molecule has 1 aliphatic rings. The summed E-state index contributed by atoms with van der Waals surface area (Å²) in [6, 6.07) is 0.